The minimum Gasteiger partial charge on any atom is -0.338 e. The molecule has 1 aliphatic rings. The Morgan fingerprint density at radius 3 is 3.00 bits per heavy atom. The van der Waals surface area contributed by atoms with Crippen molar-refractivity contribution < 1.29 is 4.79 Å². The Balaban J connectivity index is 0.00000144. The first-order valence-electron chi connectivity index (χ1n) is 5.40. The van der Waals surface area contributed by atoms with Gasteiger partial charge in [-0.15, -0.1) is 23.7 Å². The number of amides is 1. The molecule has 1 fully saturated rings. The van der Waals surface area contributed by atoms with Crippen LogP contribution in [0, 0.1) is 5.92 Å². The van der Waals surface area contributed by atoms with E-state index in [-0.39, 0.29) is 18.3 Å². The molecule has 1 saturated heterocycles. The largest absolute Gasteiger partial charge is 0.338 e. The maximum absolute atomic E-state index is 12.1. The second-order valence-electron chi connectivity index (χ2n) is 4.07. The third-order valence-corrected chi connectivity index (χ3v) is 4.46. The van der Waals surface area contributed by atoms with Crippen molar-refractivity contribution in [2.75, 3.05) is 26.7 Å². The second-order valence-corrected chi connectivity index (χ2v) is 6.53. The van der Waals surface area contributed by atoms with E-state index in [1.807, 2.05) is 24.1 Å². The minimum absolute atomic E-state index is 0. The first kappa shape index (κ1) is 15.0. The number of thiophene rings is 1. The summed E-state index contributed by atoms with van der Waals surface area (Å²) in [6.45, 7) is 2.77. The van der Waals surface area contributed by atoms with Gasteiger partial charge in [0.15, 0.2) is 0 Å². The molecule has 17 heavy (non-hydrogen) atoms. The van der Waals surface area contributed by atoms with Crippen molar-refractivity contribution in [1.82, 2.24) is 10.2 Å². The second kappa shape index (κ2) is 6.73. The predicted molar refractivity (Wildman–Crippen MR) is 77.2 cm³/mol. The summed E-state index contributed by atoms with van der Waals surface area (Å²) in [5.41, 5.74) is 0. The van der Waals surface area contributed by atoms with Gasteiger partial charge in [-0.05, 0) is 54.0 Å². The SMILES string of the molecule is CNCC1CCN(C(=O)c2ccc(Br)s2)C1.Cl. The van der Waals surface area contributed by atoms with E-state index in [1.54, 1.807) is 0 Å². The van der Waals surface area contributed by atoms with Gasteiger partial charge in [0.2, 0.25) is 0 Å². The molecule has 0 radical (unpaired) electrons. The van der Waals surface area contributed by atoms with Crippen molar-refractivity contribution >= 4 is 45.6 Å². The molecule has 2 rings (SSSR count). The molecule has 1 aromatic rings. The molecule has 0 spiro atoms. The molecule has 0 bridgehead atoms. The normalized spacial score (nSPS) is 19.2. The Kier molecular flexibility index (Phi) is 5.92. The molecule has 1 N–H and O–H groups in total. The third kappa shape index (κ3) is 3.68. The highest BCUT2D eigenvalue weighted by molar-refractivity contribution is 9.11. The summed E-state index contributed by atoms with van der Waals surface area (Å²) in [6, 6.07) is 3.82. The number of hydrogen-bond acceptors (Lipinski definition) is 3. The lowest BCUT2D eigenvalue weighted by molar-refractivity contribution is 0.0792. The number of nitrogens with one attached hydrogen (secondary N) is 1. The molecule has 0 saturated carbocycles. The average molecular weight is 340 g/mol. The molecule has 1 unspecified atom stereocenters. The van der Waals surface area contributed by atoms with Crippen LogP contribution in [0.1, 0.15) is 16.1 Å². The fourth-order valence-electron chi connectivity index (χ4n) is 2.06. The first-order valence-corrected chi connectivity index (χ1v) is 7.01. The highest BCUT2D eigenvalue weighted by Gasteiger charge is 2.26. The fourth-order valence-corrected chi connectivity index (χ4v) is 3.41. The van der Waals surface area contributed by atoms with Gasteiger partial charge < -0.3 is 10.2 Å². The molecular weight excluding hydrogens is 324 g/mol. The smallest absolute Gasteiger partial charge is 0.263 e. The summed E-state index contributed by atoms with van der Waals surface area (Å²) in [6.07, 6.45) is 1.11. The van der Waals surface area contributed by atoms with Gasteiger partial charge in [0.1, 0.15) is 0 Å². The number of likely N-dealkylation sites (tertiary alicyclic amines) is 1. The third-order valence-electron chi connectivity index (χ3n) is 2.85. The summed E-state index contributed by atoms with van der Waals surface area (Å²) >= 11 is 4.89. The standard InChI is InChI=1S/C11H15BrN2OS.ClH/c1-13-6-8-4-5-14(7-8)11(15)9-2-3-10(12)16-9;/h2-3,8,13H,4-7H2,1H3;1H. The van der Waals surface area contributed by atoms with Crippen LogP contribution in [-0.2, 0) is 0 Å². The van der Waals surface area contributed by atoms with Crippen LogP contribution in [0.25, 0.3) is 0 Å². The van der Waals surface area contributed by atoms with Crippen LogP contribution in [0.5, 0.6) is 0 Å². The summed E-state index contributed by atoms with van der Waals surface area (Å²) in [5.74, 6) is 0.784. The lowest BCUT2D eigenvalue weighted by Crippen LogP contribution is -2.29. The van der Waals surface area contributed by atoms with Gasteiger partial charge in [0, 0.05) is 13.1 Å². The molecule has 0 aromatic carbocycles. The van der Waals surface area contributed by atoms with Crippen molar-refractivity contribution in [2.24, 2.45) is 5.92 Å². The van der Waals surface area contributed by atoms with Crippen LogP contribution < -0.4 is 5.32 Å². The molecule has 3 nitrogen and oxygen atoms in total. The van der Waals surface area contributed by atoms with Gasteiger partial charge in [0.05, 0.1) is 8.66 Å². The lowest BCUT2D eigenvalue weighted by Gasteiger charge is -2.15. The van der Waals surface area contributed by atoms with E-state index in [2.05, 4.69) is 21.2 Å². The van der Waals surface area contributed by atoms with Gasteiger partial charge in [-0.25, -0.2) is 0 Å². The van der Waals surface area contributed by atoms with Crippen LogP contribution in [-0.4, -0.2) is 37.5 Å². The molecule has 1 atom stereocenters. The molecule has 2 heterocycles. The maximum Gasteiger partial charge on any atom is 0.263 e. The molecule has 1 amide bonds. The van der Waals surface area contributed by atoms with Crippen LogP contribution >= 0.6 is 39.7 Å². The van der Waals surface area contributed by atoms with Gasteiger partial charge in [-0.2, -0.15) is 0 Å². The molecule has 6 heteroatoms. The lowest BCUT2D eigenvalue weighted by atomic mass is 10.1. The number of halogens is 2. The van der Waals surface area contributed by atoms with Crippen molar-refractivity contribution in [2.45, 2.75) is 6.42 Å². The minimum atomic E-state index is 0. The monoisotopic (exact) mass is 338 g/mol. The maximum atomic E-state index is 12.1. The van der Waals surface area contributed by atoms with Crippen molar-refractivity contribution in [3.05, 3.63) is 20.8 Å². The number of carbonyl (C=O) groups excluding carboxylic acids is 1. The first-order chi connectivity index (χ1) is 7.70. The summed E-state index contributed by atoms with van der Waals surface area (Å²) in [5, 5.41) is 3.17. The van der Waals surface area contributed by atoms with Crippen LogP contribution in [0.4, 0.5) is 0 Å². The molecule has 96 valence electrons. The van der Waals surface area contributed by atoms with E-state index in [0.717, 1.165) is 34.7 Å². The van der Waals surface area contributed by atoms with Gasteiger partial charge in [0.25, 0.3) is 5.91 Å². The average Bonchev–Trinajstić information content (AvgIpc) is 2.87. The van der Waals surface area contributed by atoms with E-state index in [9.17, 15) is 4.79 Å². The van der Waals surface area contributed by atoms with Crippen molar-refractivity contribution in [3.63, 3.8) is 0 Å². The topological polar surface area (TPSA) is 32.3 Å². The Labute approximate surface area is 120 Å². The zero-order chi connectivity index (χ0) is 11.5. The highest BCUT2D eigenvalue weighted by atomic mass is 79.9. The number of nitrogens with zero attached hydrogens (tertiary/aromatic N) is 1. The van der Waals surface area contributed by atoms with E-state index < -0.39 is 0 Å². The fraction of sp³-hybridized carbons (Fsp3) is 0.545. The Morgan fingerprint density at radius 2 is 2.41 bits per heavy atom. The Bertz CT molecular complexity index is 385. The van der Waals surface area contributed by atoms with E-state index in [0.29, 0.717) is 5.92 Å². The summed E-state index contributed by atoms with van der Waals surface area (Å²) in [4.78, 5) is 14.9. The van der Waals surface area contributed by atoms with Crippen molar-refractivity contribution in [3.8, 4) is 0 Å². The van der Waals surface area contributed by atoms with E-state index >= 15 is 0 Å². The van der Waals surface area contributed by atoms with E-state index in [4.69, 9.17) is 0 Å². The zero-order valence-corrected chi connectivity index (χ0v) is 12.8. The summed E-state index contributed by atoms with van der Waals surface area (Å²) in [7, 11) is 1.96. The number of hydrogen-bond donors (Lipinski definition) is 1. The summed E-state index contributed by atoms with van der Waals surface area (Å²) < 4.78 is 1.02. The van der Waals surface area contributed by atoms with Gasteiger partial charge >= 0.3 is 0 Å². The Hall–Kier alpha value is -0.100. The van der Waals surface area contributed by atoms with Gasteiger partial charge in [-0.1, -0.05) is 0 Å². The Morgan fingerprint density at radius 1 is 1.65 bits per heavy atom. The van der Waals surface area contributed by atoms with Crippen molar-refractivity contribution in [1.29, 1.82) is 0 Å². The predicted octanol–water partition coefficient (Wildman–Crippen LogP) is 2.61. The quantitative estimate of drug-likeness (QED) is 0.918. The van der Waals surface area contributed by atoms with Crippen LogP contribution in [0.15, 0.2) is 15.9 Å². The zero-order valence-electron chi connectivity index (χ0n) is 9.61. The molecule has 0 aliphatic carbocycles. The van der Waals surface area contributed by atoms with Crippen LogP contribution in [0.3, 0.4) is 0 Å². The number of rotatable bonds is 3. The molecular formula is C11H16BrClN2OS. The number of carbonyl (C=O) groups is 1. The molecule has 1 aromatic heterocycles. The highest BCUT2D eigenvalue weighted by Crippen LogP contribution is 2.25. The van der Waals surface area contributed by atoms with Gasteiger partial charge in [-0.3, -0.25) is 4.79 Å². The van der Waals surface area contributed by atoms with E-state index in [1.165, 1.54) is 11.3 Å². The molecule has 1 aliphatic heterocycles. The van der Waals surface area contributed by atoms with Crippen LogP contribution in [0.2, 0.25) is 0 Å².